The normalized spacial score (nSPS) is 13.1. The summed E-state index contributed by atoms with van der Waals surface area (Å²) in [5.74, 6) is -0.354. The second kappa shape index (κ2) is 4.73. The van der Waals surface area contributed by atoms with Crippen molar-refractivity contribution in [2.24, 2.45) is 18.5 Å². The maximum absolute atomic E-state index is 11.3. The molecule has 0 aliphatic rings. The number of hydrogen-bond donors (Lipinski definition) is 2. The van der Waals surface area contributed by atoms with Gasteiger partial charge in [-0.25, -0.2) is 4.79 Å². The Morgan fingerprint density at radius 1 is 1.47 bits per heavy atom. The molecule has 92 valence electrons. The Kier molecular flexibility index (Phi) is 3.31. The highest BCUT2D eigenvalue weighted by Gasteiger charge is 2.10. The van der Waals surface area contributed by atoms with Gasteiger partial charge < -0.3 is 15.9 Å². The predicted molar refractivity (Wildman–Crippen MR) is 66.7 cm³/mol. The smallest absolute Gasteiger partial charge is 0.408 e. The van der Waals surface area contributed by atoms with Crippen molar-refractivity contribution in [3.63, 3.8) is 0 Å². The minimum Gasteiger partial charge on any atom is -0.408 e. The van der Waals surface area contributed by atoms with Gasteiger partial charge in [-0.2, -0.15) is 0 Å². The van der Waals surface area contributed by atoms with Crippen molar-refractivity contribution < 1.29 is 4.42 Å². The third kappa shape index (κ3) is 2.25. The number of benzene rings is 1. The van der Waals surface area contributed by atoms with Gasteiger partial charge in [0, 0.05) is 13.1 Å². The number of fused-ring (bicyclic) bond motifs is 1. The molecule has 17 heavy (non-hydrogen) atoms. The quantitative estimate of drug-likeness (QED) is 0.823. The highest BCUT2D eigenvalue weighted by molar-refractivity contribution is 5.73. The lowest BCUT2D eigenvalue weighted by molar-refractivity contribution is 0.527. The summed E-state index contributed by atoms with van der Waals surface area (Å²) in [6, 6.07) is 5.56. The molecule has 5 heteroatoms. The van der Waals surface area contributed by atoms with Gasteiger partial charge >= 0.3 is 5.76 Å². The van der Waals surface area contributed by atoms with Crippen LogP contribution in [0.4, 0.5) is 0 Å². The topological polar surface area (TPSA) is 87.2 Å². The average molecular weight is 235 g/mol. The van der Waals surface area contributed by atoms with Crippen molar-refractivity contribution in [3.05, 3.63) is 34.3 Å². The van der Waals surface area contributed by atoms with E-state index in [4.69, 9.17) is 15.9 Å². The summed E-state index contributed by atoms with van der Waals surface area (Å²) in [5, 5.41) is 0. The minimum absolute atomic E-state index is 0.0616. The fraction of sp³-hybridized carbons (Fsp3) is 0.417. The van der Waals surface area contributed by atoms with Gasteiger partial charge in [0.1, 0.15) is 0 Å². The first-order valence-electron chi connectivity index (χ1n) is 5.68. The molecule has 0 fully saturated rings. The van der Waals surface area contributed by atoms with Crippen LogP contribution in [0.1, 0.15) is 24.4 Å². The van der Waals surface area contributed by atoms with E-state index in [1.54, 1.807) is 7.05 Å². The van der Waals surface area contributed by atoms with Crippen LogP contribution in [-0.4, -0.2) is 11.1 Å². The van der Waals surface area contributed by atoms with Crippen LogP contribution < -0.4 is 17.2 Å². The molecule has 1 heterocycles. The van der Waals surface area contributed by atoms with Crippen molar-refractivity contribution in [2.75, 3.05) is 6.54 Å². The van der Waals surface area contributed by atoms with Crippen molar-refractivity contribution >= 4 is 11.1 Å². The number of rotatable bonds is 4. The molecule has 0 radical (unpaired) electrons. The lowest BCUT2D eigenvalue weighted by atomic mass is 10.0. The van der Waals surface area contributed by atoms with Crippen molar-refractivity contribution in [1.29, 1.82) is 0 Å². The van der Waals surface area contributed by atoms with Gasteiger partial charge in [-0.3, -0.25) is 4.57 Å². The lowest BCUT2D eigenvalue weighted by Crippen LogP contribution is -2.12. The fourth-order valence-corrected chi connectivity index (χ4v) is 1.89. The minimum atomic E-state index is -0.354. The number of aryl methyl sites for hydroxylation is 1. The van der Waals surface area contributed by atoms with E-state index in [2.05, 4.69) is 0 Å². The Bertz CT molecular complexity index is 571. The first kappa shape index (κ1) is 11.9. The Hall–Kier alpha value is -1.59. The molecule has 5 nitrogen and oxygen atoms in total. The fourth-order valence-electron chi connectivity index (χ4n) is 1.89. The van der Waals surface area contributed by atoms with Crippen LogP contribution in [0.2, 0.25) is 0 Å². The SMILES string of the molecule is Cn1c(=O)oc2cc(C(N)CCCN)ccc21. The van der Waals surface area contributed by atoms with Crippen LogP contribution in [0.15, 0.2) is 27.4 Å². The Morgan fingerprint density at radius 3 is 2.94 bits per heavy atom. The molecule has 1 atom stereocenters. The van der Waals surface area contributed by atoms with Crippen molar-refractivity contribution in [3.8, 4) is 0 Å². The average Bonchev–Trinajstić information content (AvgIpc) is 2.61. The van der Waals surface area contributed by atoms with Gasteiger partial charge in [0.15, 0.2) is 5.58 Å². The van der Waals surface area contributed by atoms with Crippen LogP contribution in [0.5, 0.6) is 0 Å². The zero-order chi connectivity index (χ0) is 12.4. The van der Waals surface area contributed by atoms with Gasteiger partial charge in [-0.05, 0) is 37.1 Å². The molecule has 0 spiro atoms. The first-order valence-corrected chi connectivity index (χ1v) is 5.68. The van der Waals surface area contributed by atoms with E-state index in [9.17, 15) is 4.79 Å². The maximum atomic E-state index is 11.3. The van der Waals surface area contributed by atoms with Crippen molar-refractivity contribution in [2.45, 2.75) is 18.9 Å². The number of nitrogens with two attached hydrogens (primary N) is 2. The standard InChI is InChI=1S/C12H17N3O2/c1-15-10-5-4-8(9(14)3-2-6-13)7-11(10)17-12(15)16/h4-5,7,9H,2-3,6,13-14H2,1H3. The summed E-state index contributed by atoms with van der Waals surface area (Å²) in [6.07, 6.45) is 1.72. The zero-order valence-corrected chi connectivity index (χ0v) is 9.85. The van der Waals surface area contributed by atoms with Crippen LogP contribution >= 0.6 is 0 Å². The molecule has 0 aliphatic carbocycles. The van der Waals surface area contributed by atoms with E-state index in [1.165, 1.54) is 4.57 Å². The number of oxazole rings is 1. The van der Waals surface area contributed by atoms with E-state index in [-0.39, 0.29) is 11.8 Å². The van der Waals surface area contributed by atoms with Crippen molar-refractivity contribution in [1.82, 2.24) is 4.57 Å². The Morgan fingerprint density at radius 2 is 2.24 bits per heavy atom. The number of nitrogens with zero attached hydrogens (tertiary/aromatic N) is 1. The molecule has 0 bridgehead atoms. The summed E-state index contributed by atoms with van der Waals surface area (Å²) in [7, 11) is 1.68. The van der Waals surface area contributed by atoms with Gasteiger partial charge in [-0.15, -0.1) is 0 Å². The second-order valence-electron chi connectivity index (χ2n) is 4.19. The molecule has 0 saturated heterocycles. The highest BCUT2D eigenvalue weighted by atomic mass is 16.4. The van der Waals surface area contributed by atoms with E-state index in [0.29, 0.717) is 12.1 Å². The van der Waals surface area contributed by atoms with Crippen LogP contribution in [-0.2, 0) is 7.05 Å². The van der Waals surface area contributed by atoms with Crippen LogP contribution in [0, 0.1) is 0 Å². The third-order valence-electron chi connectivity index (χ3n) is 2.96. The molecule has 0 amide bonds. The molecular weight excluding hydrogens is 218 g/mol. The molecule has 2 rings (SSSR count). The predicted octanol–water partition coefficient (Wildman–Crippen LogP) is 0.870. The van der Waals surface area contributed by atoms with Gasteiger partial charge in [0.25, 0.3) is 0 Å². The Labute approximate surface area is 99.0 Å². The van der Waals surface area contributed by atoms with Gasteiger partial charge in [-0.1, -0.05) is 6.07 Å². The Balaban J connectivity index is 2.34. The molecule has 1 aromatic carbocycles. The van der Waals surface area contributed by atoms with Crippen LogP contribution in [0.3, 0.4) is 0 Å². The lowest BCUT2D eigenvalue weighted by Gasteiger charge is -2.10. The van der Waals surface area contributed by atoms with Gasteiger partial charge in [0.05, 0.1) is 5.52 Å². The summed E-state index contributed by atoms with van der Waals surface area (Å²) in [4.78, 5) is 11.3. The van der Waals surface area contributed by atoms with E-state index in [0.717, 1.165) is 23.9 Å². The number of hydrogen-bond acceptors (Lipinski definition) is 4. The molecular formula is C12H17N3O2. The second-order valence-corrected chi connectivity index (χ2v) is 4.19. The molecule has 4 N–H and O–H groups in total. The third-order valence-corrected chi connectivity index (χ3v) is 2.96. The van der Waals surface area contributed by atoms with E-state index >= 15 is 0 Å². The summed E-state index contributed by atoms with van der Waals surface area (Å²) in [6.45, 7) is 0.635. The molecule has 1 aromatic heterocycles. The maximum Gasteiger partial charge on any atom is 0.419 e. The summed E-state index contributed by atoms with van der Waals surface area (Å²) >= 11 is 0. The summed E-state index contributed by atoms with van der Waals surface area (Å²) in [5.41, 5.74) is 13.8. The van der Waals surface area contributed by atoms with Crippen LogP contribution in [0.25, 0.3) is 11.1 Å². The molecule has 1 unspecified atom stereocenters. The van der Waals surface area contributed by atoms with Gasteiger partial charge in [0.2, 0.25) is 0 Å². The summed E-state index contributed by atoms with van der Waals surface area (Å²) < 4.78 is 6.60. The first-order chi connectivity index (χ1) is 8.13. The monoisotopic (exact) mass is 235 g/mol. The number of aromatic nitrogens is 1. The molecule has 2 aromatic rings. The largest absolute Gasteiger partial charge is 0.419 e. The van der Waals surface area contributed by atoms with E-state index < -0.39 is 0 Å². The molecule has 0 saturated carbocycles. The molecule has 0 aliphatic heterocycles. The zero-order valence-electron chi connectivity index (χ0n) is 9.85. The highest BCUT2D eigenvalue weighted by Crippen LogP contribution is 2.20. The van der Waals surface area contributed by atoms with E-state index in [1.807, 2.05) is 18.2 Å².